The molecule has 0 spiro atoms. The van der Waals surface area contributed by atoms with Crippen molar-refractivity contribution in [2.24, 2.45) is 0 Å². The summed E-state index contributed by atoms with van der Waals surface area (Å²) < 4.78 is 1.20. The van der Waals surface area contributed by atoms with E-state index in [-0.39, 0.29) is 0 Å². The van der Waals surface area contributed by atoms with Gasteiger partial charge >= 0.3 is 0 Å². The molecular weight excluding hydrogens is 150 g/mol. The molecule has 2 nitrogen and oxygen atoms in total. The van der Waals surface area contributed by atoms with Gasteiger partial charge in [0.05, 0.1) is 26.2 Å². The van der Waals surface area contributed by atoms with Crippen LogP contribution in [0.2, 0.25) is 0 Å². The minimum Gasteiger partial charge on any atom is -0.391 e. The number of aliphatic hydroxyl groups excluding tert-OH is 1. The molecule has 1 aliphatic rings. The summed E-state index contributed by atoms with van der Waals surface area (Å²) in [7, 11) is 0. The van der Waals surface area contributed by atoms with Crippen LogP contribution in [-0.4, -0.2) is 42.4 Å². The van der Waals surface area contributed by atoms with Crippen LogP contribution in [0.15, 0.2) is 0 Å². The first kappa shape index (κ1) is 10.0. The molecule has 2 heteroatoms. The normalized spacial score (nSPS) is 21.5. The van der Waals surface area contributed by atoms with E-state index in [1.165, 1.54) is 49.8 Å². The summed E-state index contributed by atoms with van der Waals surface area (Å²) in [5, 5.41) is 8.98. The van der Waals surface area contributed by atoms with Gasteiger partial charge in [0.25, 0.3) is 0 Å². The molecule has 1 rings (SSSR count). The molecule has 0 aromatic carbocycles. The van der Waals surface area contributed by atoms with Gasteiger partial charge in [-0.05, 0) is 6.42 Å². The quantitative estimate of drug-likeness (QED) is 0.621. The Morgan fingerprint density at radius 2 is 1.83 bits per heavy atom. The Hall–Kier alpha value is -0.0800. The second-order valence-corrected chi connectivity index (χ2v) is 4.02. The van der Waals surface area contributed by atoms with Crippen molar-refractivity contribution >= 4 is 0 Å². The molecular formula is C10H22NO+. The summed E-state index contributed by atoms with van der Waals surface area (Å²) in [5.74, 6) is 0. The van der Waals surface area contributed by atoms with Crippen molar-refractivity contribution in [3.63, 3.8) is 0 Å². The predicted molar refractivity (Wildman–Crippen MR) is 51.0 cm³/mol. The van der Waals surface area contributed by atoms with E-state index in [1.807, 2.05) is 0 Å². The van der Waals surface area contributed by atoms with Crippen molar-refractivity contribution in [3.8, 4) is 0 Å². The molecule has 1 saturated heterocycles. The van der Waals surface area contributed by atoms with Gasteiger partial charge in [0.2, 0.25) is 0 Å². The van der Waals surface area contributed by atoms with Gasteiger partial charge in [0, 0.05) is 12.8 Å². The van der Waals surface area contributed by atoms with Crippen LogP contribution in [0.25, 0.3) is 0 Å². The molecule has 1 N–H and O–H groups in total. The summed E-state index contributed by atoms with van der Waals surface area (Å²) in [6, 6.07) is 0. The van der Waals surface area contributed by atoms with Gasteiger partial charge in [-0.15, -0.1) is 0 Å². The van der Waals surface area contributed by atoms with Crippen LogP contribution in [0.1, 0.15) is 32.6 Å². The summed E-state index contributed by atoms with van der Waals surface area (Å²) in [4.78, 5) is 0. The summed E-state index contributed by atoms with van der Waals surface area (Å²) in [5.41, 5.74) is 0. The van der Waals surface area contributed by atoms with Crippen molar-refractivity contribution in [1.82, 2.24) is 0 Å². The Morgan fingerprint density at radius 3 is 2.33 bits per heavy atom. The van der Waals surface area contributed by atoms with E-state index < -0.39 is 0 Å². The first-order valence-corrected chi connectivity index (χ1v) is 5.29. The SMILES string of the molecule is CCCC[N+]1(CCO)CCCC1. The zero-order valence-corrected chi connectivity index (χ0v) is 8.26. The van der Waals surface area contributed by atoms with E-state index in [9.17, 15) is 0 Å². The van der Waals surface area contributed by atoms with Crippen LogP contribution in [0.3, 0.4) is 0 Å². The summed E-state index contributed by atoms with van der Waals surface area (Å²) in [6.07, 6.45) is 5.33. The zero-order valence-electron chi connectivity index (χ0n) is 8.26. The van der Waals surface area contributed by atoms with Crippen LogP contribution in [-0.2, 0) is 0 Å². The first-order chi connectivity index (χ1) is 5.83. The zero-order chi connectivity index (χ0) is 8.86. The highest BCUT2D eigenvalue weighted by molar-refractivity contribution is 4.54. The van der Waals surface area contributed by atoms with E-state index in [2.05, 4.69) is 6.92 Å². The maximum absolute atomic E-state index is 8.98. The van der Waals surface area contributed by atoms with Crippen molar-refractivity contribution in [1.29, 1.82) is 0 Å². The molecule has 0 radical (unpaired) electrons. The predicted octanol–water partition coefficient (Wildman–Crippen LogP) is 1.39. The molecule has 0 aromatic rings. The summed E-state index contributed by atoms with van der Waals surface area (Å²) >= 11 is 0. The van der Waals surface area contributed by atoms with Gasteiger partial charge in [-0.25, -0.2) is 0 Å². The van der Waals surface area contributed by atoms with Gasteiger partial charge in [0.1, 0.15) is 6.54 Å². The van der Waals surface area contributed by atoms with Crippen LogP contribution in [0.5, 0.6) is 0 Å². The number of likely N-dealkylation sites (tertiary alicyclic amines) is 1. The third-order valence-corrected chi connectivity index (χ3v) is 3.08. The Balaban J connectivity index is 2.35. The highest BCUT2D eigenvalue weighted by atomic mass is 16.3. The molecule has 1 aliphatic heterocycles. The van der Waals surface area contributed by atoms with Crippen LogP contribution in [0.4, 0.5) is 0 Å². The number of unbranched alkanes of at least 4 members (excludes halogenated alkanes) is 1. The molecule has 0 saturated carbocycles. The monoisotopic (exact) mass is 172 g/mol. The topological polar surface area (TPSA) is 20.2 Å². The molecule has 0 amide bonds. The van der Waals surface area contributed by atoms with Crippen LogP contribution >= 0.6 is 0 Å². The van der Waals surface area contributed by atoms with Crippen molar-refractivity contribution in [2.45, 2.75) is 32.6 Å². The molecule has 1 heterocycles. The number of aliphatic hydroxyl groups is 1. The number of quaternary nitrogens is 1. The van der Waals surface area contributed by atoms with Gasteiger partial charge < -0.3 is 9.59 Å². The average Bonchev–Trinajstić information content (AvgIpc) is 2.51. The number of hydrogen-bond donors (Lipinski definition) is 1. The molecule has 0 aliphatic carbocycles. The van der Waals surface area contributed by atoms with Gasteiger partial charge in [0.15, 0.2) is 0 Å². The van der Waals surface area contributed by atoms with E-state index in [0.29, 0.717) is 6.61 Å². The fraction of sp³-hybridized carbons (Fsp3) is 1.00. The number of rotatable bonds is 5. The minimum atomic E-state index is 0.365. The summed E-state index contributed by atoms with van der Waals surface area (Å²) in [6.45, 7) is 7.49. The van der Waals surface area contributed by atoms with Crippen LogP contribution < -0.4 is 0 Å². The number of nitrogens with zero attached hydrogens (tertiary/aromatic N) is 1. The van der Waals surface area contributed by atoms with E-state index in [0.717, 1.165) is 6.54 Å². The lowest BCUT2D eigenvalue weighted by molar-refractivity contribution is -0.917. The minimum absolute atomic E-state index is 0.365. The van der Waals surface area contributed by atoms with E-state index in [4.69, 9.17) is 5.11 Å². The fourth-order valence-corrected chi connectivity index (χ4v) is 2.27. The Morgan fingerprint density at radius 1 is 1.17 bits per heavy atom. The van der Waals surface area contributed by atoms with Gasteiger partial charge in [-0.1, -0.05) is 13.3 Å². The largest absolute Gasteiger partial charge is 0.391 e. The lowest BCUT2D eigenvalue weighted by Gasteiger charge is -2.33. The van der Waals surface area contributed by atoms with Gasteiger partial charge in [-0.3, -0.25) is 0 Å². The highest BCUT2D eigenvalue weighted by Gasteiger charge is 2.30. The number of hydrogen-bond acceptors (Lipinski definition) is 1. The maximum atomic E-state index is 8.98. The third-order valence-electron chi connectivity index (χ3n) is 3.08. The van der Waals surface area contributed by atoms with Crippen LogP contribution in [0, 0.1) is 0 Å². The van der Waals surface area contributed by atoms with Crippen molar-refractivity contribution in [2.75, 3.05) is 32.8 Å². The first-order valence-electron chi connectivity index (χ1n) is 5.29. The fourth-order valence-electron chi connectivity index (χ4n) is 2.27. The Bertz CT molecular complexity index is 119. The standard InChI is InChI=1S/C10H22NO/c1-2-3-6-11(9-10-12)7-4-5-8-11/h12H,2-10H2,1H3/q+1. The Kier molecular flexibility index (Phi) is 4.02. The smallest absolute Gasteiger partial charge is 0.102 e. The molecule has 1 fully saturated rings. The second-order valence-electron chi connectivity index (χ2n) is 4.02. The molecule has 0 atom stereocenters. The third kappa shape index (κ3) is 2.46. The lowest BCUT2D eigenvalue weighted by atomic mass is 10.2. The highest BCUT2D eigenvalue weighted by Crippen LogP contribution is 2.19. The van der Waals surface area contributed by atoms with Crippen molar-refractivity contribution < 1.29 is 9.59 Å². The molecule has 0 bridgehead atoms. The van der Waals surface area contributed by atoms with E-state index in [1.54, 1.807) is 0 Å². The van der Waals surface area contributed by atoms with Gasteiger partial charge in [-0.2, -0.15) is 0 Å². The maximum Gasteiger partial charge on any atom is 0.102 e. The van der Waals surface area contributed by atoms with E-state index >= 15 is 0 Å². The Labute approximate surface area is 75.8 Å². The molecule has 12 heavy (non-hydrogen) atoms. The molecule has 0 aromatic heterocycles. The molecule has 0 unspecified atom stereocenters. The molecule has 72 valence electrons. The van der Waals surface area contributed by atoms with Crippen molar-refractivity contribution in [3.05, 3.63) is 0 Å². The lowest BCUT2D eigenvalue weighted by Crippen LogP contribution is -2.47. The second kappa shape index (κ2) is 4.83. The average molecular weight is 172 g/mol.